The standard InChI is InChI=1S/C31H27N5O2/c37-30(35-28-8-4-5-15-32-28)24-14-17-36(20-24)19-21-9-11-23(12-10-21)29-25(22-6-2-1-3-7-22)18-26-27(34-29)13-16-33-31(26)38/h1-13,15-16,18,24H,14,17,19-20H2,(H,33,38)(H,32,35,37). The molecule has 1 amide bonds. The van der Waals surface area contributed by atoms with Gasteiger partial charge in [-0.15, -0.1) is 0 Å². The monoisotopic (exact) mass is 501 g/mol. The molecule has 3 aromatic heterocycles. The summed E-state index contributed by atoms with van der Waals surface area (Å²) in [7, 11) is 0. The van der Waals surface area contributed by atoms with E-state index in [4.69, 9.17) is 4.98 Å². The number of hydrogen-bond donors (Lipinski definition) is 2. The van der Waals surface area contributed by atoms with Gasteiger partial charge in [-0.25, -0.2) is 9.97 Å². The molecule has 0 radical (unpaired) electrons. The molecular weight excluding hydrogens is 474 g/mol. The lowest BCUT2D eigenvalue weighted by molar-refractivity contribution is -0.119. The van der Waals surface area contributed by atoms with Crippen LogP contribution in [0.5, 0.6) is 0 Å². The fraction of sp³-hybridized carbons (Fsp3) is 0.161. The number of nitrogens with one attached hydrogen (secondary N) is 2. The van der Waals surface area contributed by atoms with Crippen LogP contribution in [-0.2, 0) is 11.3 Å². The van der Waals surface area contributed by atoms with E-state index < -0.39 is 0 Å². The topological polar surface area (TPSA) is 91.0 Å². The highest BCUT2D eigenvalue weighted by Crippen LogP contribution is 2.33. The van der Waals surface area contributed by atoms with E-state index >= 15 is 0 Å². The molecule has 0 spiro atoms. The van der Waals surface area contributed by atoms with Gasteiger partial charge in [0.15, 0.2) is 0 Å². The van der Waals surface area contributed by atoms with Gasteiger partial charge < -0.3 is 10.3 Å². The molecule has 7 nitrogen and oxygen atoms in total. The Labute approximate surface area is 220 Å². The molecule has 4 heterocycles. The first-order valence-electron chi connectivity index (χ1n) is 12.8. The molecule has 5 aromatic rings. The Balaban J connectivity index is 1.21. The SMILES string of the molecule is O=C(Nc1ccccn1)C1CCN(Cc2ccc(-c3nc4cc[nH]c(=O)c4cc3-c3ccccc3)cc2)C1. The first-order valence-corrected chi connectivity index (χ1v) is 12.8. The van der Waals surface area contributed by atoms with Gasteiger partial charge in [0.2, 0.25) is 5.91 Å². The summed E-state index contributed by atoms with van der Waals surface area (Å²) in [6.07, 6.45) is 4.14. The van der Waals surface area contributed by atoms with Crippen LogP contribution in [-0.4, -0.2) is 38.8 Å². The summed E-state index contributed by atoms with van der Waals surface area (Å²) in [6, 6.07) is 27.7. The van der Waals surface area contributed by atoms with Gasteiger partial charge in [0.25, 0.3) is 5.56 Å². The highest BCUT2D eigenvalue weighted by atomic mass is 16.2. The summed E-state index contributed by atoms with van der Waals surface area (Å²) in [5, 5.41) is 3.50. The van der Waals surface area contributed by atoms with E-state index in [-0.39, 0.29) is 17.4 Å². The van der Waals surface area contributed by atoms with Crippen LogP contribution in [0.3, 0.4) is 0 Å². The second-order valence-electron chi connectivity index (χ2n) is 9.61. The maximum Gasteiger partial charge on any atom is 0.257 e. The number of fused-ring (bicyclic) bond motifs is 1. The zero-order valence-corrected chi connectivity index (χ0v) is 20.8. The lowest BCUT2D eigenvalue weighted by atomic mass is 9.97. The number of hydrogen-bond acceptors (Lipinski definition) is 5. The molecule has 1 unspecified atom stereocenters. The van der Waals surface area contributed by atoms with Gasteiger partial charge in [-0.1, -0.05) is 60.7 Å². The molecule has 1 aliphatic heterocycles. The van der Waals surface area contributed by atoms with E-state index in [1.54, 1.807) is 18.5 Å². The molecule has 188 valence electrons. The van der Waals surface area contributed by atoms with Crippen molar-refractivity contribution < 1.29 is 4.79 Å². The van der Waals surface area contributed by atoms with Crippen molar-refractivity contribution in [3.8, 4) is 22.4 Å². The Kier molecular flexibility index (Phi) is 6.50. The van der Waals surface area contributed by atoms with Gasteiger partial charge in [0.1, 0.15) is 5.82 Å². The number of pyridine rings is 3. The summed E-state index contributed by atoms with van der Waals surface area (Å²) in [4.78, 5) is 39.3. The zero-order valence-electron chi connectivity index (χ0n) is 20.8. The number of H-pyrrole nitrogens is 1. The number of carbonyl (C=O) groups is 1. The Morgan fingerprint density at radius 3 is 2.58 bits per heavy atom. The fourth-order valence-electron chi connectivity index (χ4n) is 5.05. The summed E-state index contributed by atoms with van der Waals surface area (Å²) >= 11 is 0. The molecule has 0 saturated carbocycles. The van der Waals surface area contributed by atoms with Crippen molar-refractivity contribution in [2.24, 2.45) is 5.92 Å². The average molecular weight is 502 g/mol. The van der Waals surface area contributed by atoms with E-state index in [2.05, 4.69) is 44.5 Å². The van der Waals surface area contributed by atoms with Crippen molar-refractivity contribution in [1.82, 2.24) is 19.9 Å². The van der Waals surface area contributed by atoms with Gasteiger partial charge in [0.05, 0.1) is 22.5 Å². The van der Waals surface area contributed by atoms with Crippen LogP contribution in [0.1, 0.15) is 12.0 Å². The molecule has 1 fully saturated rings. The quantitative estimate of drug-likeness (QED) is 0.337. The van der Waals surface area contributed by atoms with Crippen LogP contribution < -0.4 is 10.9 Å². The number of aromatic amines is 1. The van der Waals surface area contributed by atoms with E-state index in [0.717, 1.165) is 48.4 Å². The Morgan fingerprint density at radius 2 is 1.79 bits per heavy atom. The maximum atomic E-state index is 12.7. The van der Waals surface area contributed by atoms with Gasteiger partial charge in [-0.3, -0.25) is 14.5 Å². The van der Waals surface area contributed by atoms with Crippen LogP contribution in [0.4, 0.5) is 5.82 Å². The van der Waals surface area contributed by atoms with Crippen LogP contribution in [0.2, 0.25) is 0 Å². The van der Waals surface area contributed by atoms with Gasteiger partial charge in [0, 0.05) is 36.6 Å². The van der Waals surface area contributed by atoms with Crippen LogP contribution in [0.15, 0.2) is 102 Å². The molecule has 1 aliphatic rings. The van der Waals surface area contributed by atoms with Crippen LogP contribution in [0, 0.1) is 5.92 Å². The number of benzene rings is 2. The molecule has 2 N–H and O–H groups in total. The first kappa shape index (κ1) is 23.8. The number of anilines is 1. The molecule has 0 aliphatic carbocycles. The summed E-state index contributed by atoms with van der Waals surface area (Å²) in [6.45, 7) is 2.38. The largest absolute Gasteiger partial charge is 0.328 e. The molecule has 1 atom stereocenters. The second-order valence-corrected chi connectivity index (χ2v) is 9.61. The molecule has 38 heavy (non-hydrogen) atoms. The number of carbonyl (C=O) groups excluding carboxylic acids is 1. The predicted octanol–water partition coefficient (Wildman–Crippen LogP) is 5.11. The molecule has 0 bridgehead atoms. The first-order chi connectivity index (χ1) is 18.6. The molecular formula is C31H27N5O2. The van der Waals surface area contributed by atoms with Gasteiger partial charge in [-0.2, -0.15) is 0 Å². The highest BCUT2D eigenvalue weighted by Gasteiger charge is 2.28. The smallest absolute Gasteiger partial charge is 0.257 e. The van der Waals surface area contributed by atoms with E-state index in [1.165, 1.54) is 5.56 Å². The minimum Gasteiger partial charge on any atom is -0.328 e. The third-order valence-electron chi connectivity index (χ3n) is 7.03. The number of amides is 1. The number of rotatable bonds is 6. The van der Waals surface area contributed by atoms with Gasteiger partial charge >= 0.3 is 0 Å². The van der Waals surface area contributed by atoms with Gasteiger partial charge in [-0.05, 0) is 48.4 Å². The van der Waals surface area contributed by atoms with E-state index in [9.17, 15) is 9.59 Å². The minimum atomic E-state index is -0.147. The molecule has 2 aromatic carbocycles. The van der Waals surface area contributed by atoms with Crippen molar-refractivity contribution in [2.75, 3.05) is 18.4 Å². The minimum absolute atomic E-state index is 0.0243. The zero-order chi connectivity index (χ0) is 25.9. The maximum absolute atomic E-state index is 12.7. The lowest BCUT2D eigenvalue weighted by Gasteiger charge is -2.17. The predicted molar refractivity (Wildman–Crippen MR) is 149 cm³/mol. The third kappa shape index (κ3) is 4.96. The Hall–Kier alpha value is -4.62. The second kappa shape index (κ2) is 10.4. The fourth-order valence-corrected chi connectivity index (χ4v) is 5.05. The van der Waals surface area contributed by atoms with E-state index in [1.807, 2.05) is 54.6 Å². The highest BCUT2D eigenvalue weighted by molar-refractivity contribution is 5.92. The van der Waals surface area contributed by atoms with Crippen molar-refractivity contribution in [3.05, 3.63) is 113 Å². The summed E-state index contributed by atoms with van der Waals surface area (Å²) < 4.78 is 0. The number of nitrogens with zero attached hydrogens (tertiary/aromatic N) is 3. The summed E-state index contributed by atoms with van der Waals surface area (Å²) in [5.74, 6) is 0.569. The van der Waals surface area contributed by atoms with Crippen molar-refractivity contribution in [3.63, 3.8) is 0 Å². The number of likely N-dealkylation sites (tertiary alicyclic amines) is 1. The Morgan fingerprint density at radius 1 is 0.974 bits per heavy atom. The van der Waals surface area contributed by atoms with Crippen molar-refractivity contribution >= 4 is 22.6 Å². The van der Waals surface area contributed by atoms with Crippen LogP contribution in [0.25, 0.3) is 33.3 Å². The molecule has 6 rings (SSSR count). The average Bonchev–Trinajstić information content (AvgIpc) is 3.43. The van der Waals surface area contributed by atoms with Crippen molar-refractivity contribution in [1.29, 1.82) is 0 Å². The summed E-state index contributed by atoms with van der Waals surface area (Å²) in [5.41, 5.74) is 5.46. The number of aromatic nitrogens is 3. The van der Waals surface area contributed by atoms with Crippen LogP contribution >= 0.6 is 0 Å². The Bertz CT molecular complexity index is 1630. The molecule has 1 saturated heterocycles. The molecule has 7 heteroatoms. The lowest BCUT2D eigenvalue weighted by Crippen LogP contribution is -2.27. The third-order valence-corrected chi connectivity index (χ3v) is 7.03. The van der Waals surface area contributed by atoms with E-state index in [0.29, 0.717) is 16.7 Å². The van der Waals surface area contributed by atoms with Crippen molar-refractivity contribution in [2.45, 2.75) is 13.0 Å². The normalized spacial score (nSPS) is 15.5.